The number of nitrogens with one attached hydrogen (secondary N) is 1. The van der Waals surface area contributed by atoms with Crippen LogP contribution in [0, 0.1) is 5.92 Å². The molecular weight excluding hydrogens is 258 g/mol. The fourth-order valence-electron chi connectivity index (χ4n) is 3.38. The Labute approximate surface area is 130 Å². The van der Waals surface area contributed by atoms with Crippen LogP contribution >= 0.6 is 0 Å². The molecule has 0 bridgehead atoms. The van der Waals surface area contributed by atoms with Crippen LogP contribution in [0.15, 0.2) is 30.3 Å². The van der Waals surface area contributed by atoms with Crippen molar-refractivity contribution in [3.8, 4) is 0 Å². The van der Waals surface area contributed by atoms with Gasteiger partial charge in [-0.2, -0.15) is 0 Å². The van der Waals surface area contributed by atoms with Gasteiger partial charge in [0.2, 0.25) is 0 Å². The molecule has 1 heterocycles. The molecule has 1 aliphatic heterocycles. The van der Waals surface area contributed by atoms with Gasteiger partial charge in [0.25, 0.3) is 0 Å². The van der Waals surface area contributed by atoms with E-state index in [0.717, 1.165) is 5.92 Å². The minimum atomic E-state index is 0.477. The Bertz CT molecular complexity index is 383. The SMILES string of the molecule is CNC(CCN1CCC(CN(C)C)CC1)c1ccccc1. The highest BCUT2D eigenvalue weighted by Gasteiger charge is 2.20. The zero-order chi connectivity index (χ0) is 15.1. The van der Waals surface area contributed by atoms with Crippen molar-refractivity contribution in [2.24, 2.45) is 5.92 Å². The molecule has 1 fully saturated rings. The molecule has 1 unspecified atom stereocenters. The predicted molar refractivity (Wildman–Crippen MR) is 90.6 cm³/mol. The molecule has 118 valence electrons. The molecule has 0 radical (unpaired) electrons. The molecule has 0 aliphatic carbocycles. The van der Waals surface area contributed by atoms with E-state index < -0.39 is 0 Å². The number of rotatable bonds is 7. The first kappa shape index (κ1) is 16.5. The second-order valence-corrected chi connectivity index (χ2v) is 6.59. The van der Waals surface area contributed by atoms with E-state index in [1.54, 1.807) is 0 Å². The molecule has 0 spiro atoms. The molecule has 0 saturated carbocycles. The molecule has 21 heavy (non-hydrogen) atoms. The summed E-state index contributed by atoms with van der Waals surface area (Å²) in [7, 11) is 6.44. The highest BCUT2D eigenvalue weighted by molar-refractivity contribution is 5.18. The van der Waals surface area contributed by atoms with Crippen molar-refractivity contribution in [2.45, 2.75) is 25.3 Å². The zero-order valence-corrected chi connectivity index (χ0v) is 13.9. The lowest BCUT2D eigenvalue weighted by atomic mass is 9.95. The molecule has 1 atom stereocenters. The van der Waals surface area contributed by atoms with Crippen LogP contribution in [-0.4, -0.2) is 57.1 Å². The quantitative estimate of drug-likeness (QED) is 0.832. The zero-order valence-electron chi connectivity index (χ0n) is 13.9. The van der Waals surface area contributed by atoms with E-state index in [1.807, 2.05) is 0 Å². The smallest absolute Gasteiger partial charge is 0.0329 e. The molecule has 0 amide bonds. The molecule has 1 aliphatic rings. The summed E-state index contributed by atoms with van der Waals surface area (Å²) >= 11 is 0. The minimum Gasteiger partial charge on any atom is -0.313 e. The Hall–Kier alpha value is -0.900. The Morgan fingerprint density at radius 1 is 1.19 bits per heavy atom. The highest BCUT2D eigenvalue weighted by Crippen LogP contribution is 2.21. The van der Waals surface area contributed by atoms with Crippen molar-refractivity contribution in [3.05, 3.63) is 35.9 Å². The summed E-state index contributed by atoms with van der Waals surface area (Å²) in [5.74, 6) is 0.894. The fourth-order valence-corrected chi connectivity index (χ4v) is 3.38. The van der Waals surface area contributed by atoms with E-state index in [2.05, 4.69) is 66.6 Å². The van der Waals surface area contributed by atoms with Crippen molar-refractivity contribution < 1.29 is 0 Å². The minimum absolute atomic E-state index is 0.477. The molecule has 1 aromatic rings. The number of piperidine rings is 1. The molecule has 1 saturated heterocycles. The summed E-state index contributed by atoms with van der Waals surface area (Å²) in [6.45, 7) is 4.99. The van der Waals surface area contributed by atoms with Crippen molar-refractivity contribution >= 4 is 0 Å². The number of hydrogen-bond acceptors (Lipinski definition) is 3. The van der Waals surface area contributed by atoms with Gasteiger partial charge in [-0.3, -0.25) is 0 Å². The molecule has 3 heteroatoms. The third kappa shape index (κ3) is 5.42. The van der Waals surface area contributed by atoms with Crippen molar-refractivity contribution in [1.29, 1.82) is 0 Å². The summed E-state index contributed by atoms with van der Waals surface area (Å²) in [6.07, 6.45) is 3.90. The van der Waals surface area contributed by atoms with Gasteiger partial charge in [0.1, 0.15) is 0 Å². The van der Waals surface area contributed by atoms with Crippen LogP contribution in [0.2, 0.25) is 0 Å². The summed E-state index contributed by atoms with van der Waals surface area (Å²) in [5, 5.41) is 3.46. The summed E-state index contributed by atoms with van der Waals surface area (Å²) < 4.78 is 0. The monoisotopic (exact) mass is 289 g/mol. The standard InChI is InChI=1S/C18H31N3/c1-19-18(17-7-5-4-6-8-17)11-14-21-12-9-16(10-13-21)15-20(2)3/h4-8,16,18-19H,9-15H2,1-3H3. The number of hydrogen-bond donors (Lipinski definition) is 1. The van der Waals surface area contributed by atoms with Gasteiger partial charge >= 0.3 is 0 Å². The predicted octanol–water partition coefficient (Wildman–Crippen LogP) is 2.61. The lowest BCUT2D eigenvalue weighted by Crippen LogP contribution is -2.38. The third-order valence-corrected chi connectivity index (χ3v) is 4.61. The average molecular weight is 289 g/mol. The van der Waals surface area contributed by atoms with Crippen LogP contribution in [-0.2, 0) is 0 Å². The summed E-state index contributed by atoms with van der Waals surface area (Å²) in [6, 6.07) is 11.3. The second kappa shape index (κ2) is 8.52. The second-order valence-electron chi connectivity index (χ2n) is 6.59. The molecule has 2 rings (SSSR count). The van der Waals surface area contributed by atoms with Crippen LogP contribution in [0.25, 0.3) is 0 Å². The maximum atomic E-state index is 3.46. The molecule has 1 aromatic carbocycles. The first-order valence-electron chi connectivity index (χ1n) is 8.28. The van der Waals surface area contributed by atoms with E-state index in [1.165, 1.54) is 51.0 Å². The first-order valence-corrected chi connectivity index (χ1v) is 8.28. The van der Waals surface area contributed by atoms with Crippen LogP contribution in [0.4, 0.5) is 0 Å². The molecular formula is C18H31N3. The molecule has 0 aromatic heterocycles. The van der Waals surface area contributed by atoms with Crippen LogP contribution in [0.5, 0.6) is 0 Å². The fraction of sp³-hybridized carbons (Fsp3) is 0.667. The van der Waals surface area contributed by atoms with E-state index in [-0.39, 0.29) is 0 Å². The summed E-state index contributed by atoms with van der Waals surface area (Å²) in [4.78, 5) is 4.96. The third-order valence-electron chi connectivity index (χ3n) is 4.61. The Balaban J connectivity index is 1.73. The lowest BCUT2D eigenvalue weighted by Gasteiger charge is -2.34. The van der Waals surface area contributed by atoms with E-state index in [4.69, 9.17) is 0 Å². The van der Waals surface area contributed by atoms with Crippen molar-refractivity contribution in [1.82, 2.24) is 15.1 Å². The van der Waals surface area contributed by atoms with Crippen molar-refractivity contribution in [3.63, 3.8) is 0 Å². The topological polar surface area (TPSA) is 18.5 Å². The van der Waals surface area contributed by atoms with E-state index in [9.17, 15) is 0 Å². The van der Waals surface area contributed by atoms with Crippen LogP contribution in [0.1, 0.15) is 30.9 Å². The summed E-state index contributed by atoms with van der Waals surface area (Å²) in [5.41, 5.74) is 1.41. The largest absolute Gasteiger partial charge is 0.313 e. The van der Waals surface area contributed by atoms with Gasteiger partial charge in [-0.25, -0.2) is 0 Å². The van der Waals surface area contributed by atoms with Crippen LogP contribution < -0.4 is 5.32 Å². The molecule has 3 nitrogen and oxygen atoms in total. The van der Waals surface area contributed by atoms with Gasteiger partial charge in [0.15, 0.2) is 0 Å². The first-order chi connectivity index (χ1) is 10.2. The van der Waals surface area contributed by atoms with Crippen molar-refractivity contribution in [2.75, 3.05) is 47.3 Å². The van der Waals surface area contributed by atoms with E-state index >= 15 is 0 Å². The van der Waals surface area contributed by atoms with Gasteiger partial charge in [-0.05, 0) is 71.5 Å². The Morgan fingerprint density at radius 3 is 2.43 bits per heavy atom. The maximum absolute atomic E-state index is 3.46. The van der Waals surface area contributed by atoms with E-state index in [0.29, 0.717) is 6.04 Å². The van der Waals surface area contributed by atoms with Gasteiger partial charge in [0.05, 0.1) is 0 Å². The maximum Gasteiger partial charge on any atom is 0.0329 e. The van der Waals surface area contributed by atoms with Gasteiger partial charge in [0, 0.05) is 12.6 Å². The molecule has 1 N–H and O–H groups in total. The number of likely N-dealkylation sites (tertiary alicyclic amines) is 1. The van der Waals surface area contributed by atoms with Gasteiger partial charge < -0.3 is 15.1 Å². The Kier molecular flexibility index (Phi) is 6.68. The Morgan fingerprint density at radius 2 is 1.86 bits per heavy atom. The van der Waals surface area contributed by atoms with Gasteiger partial charge in [-0.15, -0.1) is 0 Å². The normalized spacial score (nSPS) is 19.0. The van der Waals surface area contributed by atoms with Crippen LogP contribution in [0.3, 0.4) is 0 Å². The number of benzene rings is 1. The average Bonchev–Trinajstić information content (AvgIpc) is 2.50. The number of nitrogens with zero attached hydrogens (tertiary/aromatic N) is 2. The lowest BCUT2D eigenvalue weighted by molar-refractivity contribution is 0.157. The highest BCUT2D eigenvalue weighted by atomic mass is 15.1. The van der Waals surface area contributed by atoms with Gasteiger partial charge in [-0.1, -0.05) is 30.3 Å².